The van der Waals surface area contributed by atoms with Crippen molar-refractivity contribution in [1.29, 1.82) is 0 Å². The Balaban J connectivity index is 1.50. The van der Waals surface area contributed by atoms with E-state index in [1.165, 1.54) is 50.9 Å². The molecule has 4 nitrogen and oxygen atoms in total. The highest BCUT2D eigenvalue weighted by Gasteiger charge is 2.23. The molecule has 0 amide bonds. The van der Waals surface area contributed by atoms with E-state index in [1.54, 1.807) is 0 Å². The molecule has 0 bridgehead atoms. The molecular formula is C13H21N3OS. The first-order valence-electron chi connectivity index (χ1n) is 7.06. The van der Waals surface area contributed by atoms with Gasteiger partial charge < -0.3 is 9.84 Å². The molecule has 5 heteroatoms. The lowest BCUT2D eigenvalue weighted by Gasteiger charge is -2.21. The Bertz CT molecular complexity index is 370. The zero-order valence-corrected chi connectivity index (χ0v) is 11.5. The van der Waals surface area contributed by atoms with Crippen molar-refractivity contribution in [2.24, 2.45) is 5.92 Å². The first-order valence-corrected chi connectivity index (χ1v) is 8.11. The van der Waals surface area contributed by atoms with Crippen LogP contribution in [0.2, 0.25) is 0 Å². The maximum Gasteiger partial charge on any atom is 0.226 e. The van der Waals surface area contributed by atoms with E-state index >= 15 is 0 Å². The van der Waals surface area contributed by atoms with E-state index in [-0.39, 0.29) is 0 Å². The maximum atomic E-state index is 5.38. The van der Waals surface area contributed by atoms with Crippen molar-refractivity contribution >= 4 is 11.8 Å². The number of hydrogen-bond donors (Lipinski definition) is 1. The van der Waals surface area contributed by atoms with Crippen molar-refractivity contribution in [2.75, 3.05) is 18.8 Å². The number of thioether (sulfide) groups is 1. The lowest BCUT2D eigenvalue weighted by atomic mass is 9.93. The van der Waals surface area contributed by atoms with Gasteiger partial charge >= 0.3 is 0 Å². The molecule has 0 saturated carbocycles. The molecular weight excluding hydrogens is 246 g/mol. The second-order valence-electron chi connectivity index (χ2n) is 5.28. The summed E-state index contributed by atoms with van der Waals surface area (Å²) in [5, 5.41) is 8.03. The van der Waals surface area contributed by atoms with Gasteiger partial charge in [0, 0.05) is 6.42 Å². The summed E-state index contributed by atoms with van der Waals surface area (Å²) in [6, 6.07) is 0. The molecule has 2 saturated heterocycles. The van der Waals surface area contributed by atoms with Crippen LogP contribution < -0.4 is 5.32 Å². The molecule has 0 radical (unpaired) electrons. The topological polar surface area (TPSA) is 51.0 Å². The fourth-order valence-corrected chi connectivity index (χ4v) is 3.98. The molecule has 1 aromatic rings. The first-order chi connectivity index (χ1) is 8.92. The van der Waals surface area contributed by atoms with Crippen LogP contribution in [0, 0.1) is 5.92 Å². The minimum Gasteiger partial charge on any atom is -0.339 e. The molecule has 0 spiro atoms. The van der Waals surface area contributed by atoms with Gasteiger partial charge in [-0.05, 0) is 56.9 Å². The third kappa shape index (κ3) is 3.06. The third-order valence-corrected chi connectivity index (χ3v) is 5.30. The minimum absolute atomic E-state index is 0.487. The first kappa shape index (κ1) is 12.5. The highest BCUT2D eigenvalue weighted by atomic mass is 32.2. The van der Waals surface area contributed by atoms with Gasteiger partial charge in [0.25, 0.3) is 0 Å². The molecule has 1 atom stereocenters. The second-order valence-corrected chi connectivity index (χ2v) is 6.59. The molecule has 3 heterocycles. The average molecular weight is 267 g/mol. The molecule has 2 aliphatic rings. The highest BCUT2D eigenvalue weighted by molar-refractivity contribution is 7.99. The molecule has 2 fully saturated rings. The summed E-state index contributed by atoms with van der Waals surface area (Å²) in [4.78, 5) is 4.56. The second kappa shape index (κ2) is 6.06. The van der Waals surface area contributed by atoms with E-state index in [1.807, 2.05) is 11.8 Å². The summed E-state index contributed by atoms with van der Waals surface area (Å²) in [5.74, 6) is 3.85. The summed E-state index contributed by atoms with van der Waals surface area (Å²) in [6.45, 7) is 2.33. The Morgan fingerprint density at radius 2 is 2.17 bits per heavy atom. The SMILES string of the molecule is C1CSC(c2noc(CCC3CCNCC3)n2)C1. The van der Waals surface area contributed by atoms with Crippen molar-refractivity contribution in [2.45, 2.75) is 43.8 Å². The maximum absolute atomic E-state index is 5.38. The van der Waals surface area contributed by atoms with Gasteiger partial charge in [-0.15, -0.1) is 0 Å². The van der Waals surface area contributed by atoms with Crippen LogP contribution >= 0.6 is 11.8 Å². The van der Waals surface area contributed by atoms with Gasteiger partial charge in [0.2, 0.25) is 5.89 Å². The fourth-order valence-electron chi connectivity index (χ4n) is 2.78. The molecule has 1 N–H and O–H groups in total. The number of rotatable bonds is 4. The average Bonchev–Trinajstić information content (AvgIpc) is 3.08. The highest BCUT2D eigenvalue weighted by Crippen LogP contribution is 2.38. The van der Waals surface area contributed by atoms with E-state index in [0.717, 1.165) is 24.1 Å². The lowest BCUT2D eigenvalue weighted by molar-refractivity contribution is 0.323. The van der Waals surface area contributed by atoms with E-state index in [9.17, 15) is 0 Å². The number of piperidine rings is 1. The predicted octanol–water partition coefficient (Wildman–Crippen LogP) is 2.57. The quantitative estimate of drug-likeness (QED) is 0.908. The molecule has 18 heavy (non-hydrogen) atoms. The number of aromatic nitrogens is 2. The van der Waals surface area contributed by atoms with E-state index in [4.69, 9.17) is 4.52 Å². The van der Waals surface area contributed by atoms with Crippen LogP contribution in [0.15, 0.2) is 4.52 Å². The summed E-state index contributed by atoms with van der Waals surface area (Å²) < 4.78 is 5.38. The molecule has 0 aliphatic carbocycles. The van der Waals surface area contributed by atoms with E-state index in [0.29, 0.717) is 5.25 Å². The van der Waals surface area contributed by atoms with Gasteiger partial charge in [0.05, 0.1) is 5.25 Å². The Labute approximate surface area is 112 Å². The number of aryl methyl sites for hydroxylation is 1. The van der Waals surface area contributed by atoms with E-state index in [2.05, 4.69) is 15.5 Å². The Morgan fingerprint density at radius 3 is 2.94 bits per heavy atom. The van der Waals surface area contributed by atoms with Crippen LogP contribution in [-0.4, -0.2) is 29.0 Å². The Kier molecular flexibility index (Phi) is 4.20. The Morgan fingerprint density at radius 1 is 1.28 bits per heavy atom. The molecule has 3 rings (SSSR count). The summed E-state index contributed by atoms with van der Waals surface area (Å²) >= 11 is 1.96. The van der Waals surface area contributed by atoms with Crippen molar-refractivity contribution in [3.8, 4) is 0 Å². The van der Waals surface area contributed by atoms with Crippen molar-refractivity contribution in [1.82, 2.24) is 15.5 Å². The minimum atomic E-state index is 0.487. The number of hydrogen-bond acceptors (Lipinski definition) is 5. The molecule has 0 aromatic carbocycles. The van der Waals surface area contributed by atoms with Crippen molar-refractivity contribution in [3.63, 3.8) is 0 Å². The zero-order valence-electron chi connectivity index (χ0n) is 10.7. The van der Waals surface area contributed by atoms with Crippen LogP contribution in [-0.2, 0) is 6.42 Å². The normalized spacial score (nSPS) is 25.7. The van der Waals surface area contributed by atoms with Crippen LogP contribution in [0.4, 0.5) is 0 Å². The van der Waals surface area contributed by atoms with Crippen molar-refractivity contribution < 1.29 is 4.52 Å². The zero-order chi connectivity index (χ0) is 12.2. The van der Waals surface area contributed by atoms with Gasteiger partial charge in [-0.25, -0.2) is 0 Å². The van der Waals surface area contributed by atoms with Crippen LogP contribution in [0.25, 0.3) is 0 Å². The van der Waals surface area contributed by atoms with Gasteiger partial charge in [-0.3, -0.25) is 0 Å². The summed E-state index contributed by atoms with van der Waals surface area (Å²) in [7, 11) is 0. The smallest absolute Gasteiger partial charge is 0.226 e. The van der Waals surface area contributed by atoms with Gasteiger partial charge in [0.15, 0.2) is 5.82 Å². The predicted molar refractivity (Wildman–Crippen MR) is 72.6 cm³/mol. The molecule has 1 aromatic heterocycles. The molecule has 1 unspecified atom stereocenters. The Hall–Kier alpha value is -0.550. The number of nitrogens with one attached hydrogen (secondary N) is 1. The monoisotopic (exact) mass is 267 g/mol. The largest absolute Gasteiger partial charge is 0.339 e. The van der Waals surface area contributed by atoms with Crippen LogP contribution in [0.5, 0.6) is 0 Å². The van der Waals surface area contributed by atoms with Gasteiger partial charge in [-0.2, -0.15) is 16.7 Å². The fraction of sp³-hybridized carbons (Fsp3) is 0.846. The summed E-state index contributed by atoms with van der Waals surface area (Å²) in [5.41, 5.74) is 0. The summed E-state index contributed by atoms with van der Waals surface area (Å²) in [6.07, 6.45) is 7.22. The molecule has 100 valence electrons. The third-order valence-electron chi connectivity index (χ3n) is 3.93. The van der Waals surface area contributed by atoms with Crippen LogP contribution in [0.1, 0.15) is 49.1 Å². The molecule has 2 aliphatic heterocycles. The lowest BCUT2D eigenvalue weighted by Crippen LogP contribution is -2.27. The van der Waals surface area contributed by atoms with Gasteiger partial charge in [-0.1, -0.05) is 5.16 Å². The van der Waals surface area contributed by atoms with E-state index < -0.39 is 0 Å². The standard InChI is InChI=1S/C13H21N3OS/c1-2-11(18-9-1)13-15-12(17-16-13)4-3-10-5-7-14-8-6-10/h10-11,14H,1-9H2. The van der Waals surface area contributed by atoms with Crippen LogP contribution in [0.3, 0.4) is 0 Å². The van der Waals surface area contributed by atoms with Crippen molar-refractivity contribution in [3.05, 3.63) is 11.7 Å². The van der Waals surface area contributed by atoms with Gasteiger partial charge in [0.1, 0.15) is 0 Å². The number of nitrogens with zero attached hydrogens (tertiary/aromatic N) is 2.